The Balaban J connectivity index is 4.06. The Hall–Kier alpha value is -0.580. The van der Waals surface area contributed by atoms with Crippen molar-refractivity contribution in [2.75, 3.05) is 26.2 Å². The molecule has 6 nitrogen and oxygen atoms in total. The quantitative estimate of drug-likeness (QED) is 0.502. The first-order chi connectivity index (χ1) is 7.08. The van der Waals surface area contributed by atoms with Crippen molar-refractivity contribution in [2.24, 2.45) is 0 Å². The lowest BCUT2D eigenvalue weighted by Crippen LogP contribution is -2.10. The highest BCUT2D eigenvalue weighted by molar-refractivity contribution is 7.53. The SMILES string of the molecule is CCOC(=O)OCP(=O)(OCC)OCC. The molecule has 0 amide bonds. The van der Waals surface area contributed by atoms with E-state index in [1.807, 2.05) is 0 Å². The molecule has 0 atom stereocenters. The molecule has 0 spiro atoms. The van der Waals surface area contributed by atoms with Gasteiger partial charge in [-0.15, -0.1) is 0 Å². The van der Waals surface area contributed by atoms with Gasteiger partial charge < -0.3 is 18.5 Å². The second kappa shape index (κ2) is 7.68. The summed E-state index contributed by atoms with van der Waals surface area (Å²) in [5.41, 5.74) is 0. The highest BCUT2D eigenvalue weighted by atomic mass is 31.2. The van der Waals surface area contributed by atoms with Gasteiger partial charge in [-0.2, -0.15) is 0 Å². The number of ether oxygens (including phenoxy) is 2. The minimum atomic E-state index is -3.32. The summed E-state index contributed by atoms with van der Waals surface area (Å²) in [5, 5.41) is 0. The fourth-order valence-electron chi connectivity index (χ4n) is 0.796. The molecule has 7 heteroatoms. The van der Waals surface area contributed by atoms with E-state index in [1.165, 1.54) is 0 Å². The Morgan fingerprint density at radius 2 is 1.53 bits per heavy atom. The summed E-state index contributed by atoms with van der Waals surface area (Å²) in [6.45, 7) is 5.65. The van der Waals surface area contributed by atoms with Crippen LogP contribution in [-0.4, -0.2) is 32.3 Å². The van der Waals surface area contributed by atoms with Gasteiger partial charge in [-0.3, -0.25) is 4.57 Å². The molecule has 0 aliphatic heterocycles. The maximum atomic E-state index is 11.7. The van der Waals surface area contributed by atoms with Gasteiger partial charge >= 0.3 is 13.8 Å². The van der Waals surface area contributed by atoms with Crippen LogP contribution in [0.4, 0.5) is 4.79 Å². The lowest BCUT2D eigenvalue weighted by atomic mass is 10.9. The Bertz CT molecular complexity index is 219. The number of hydrogen-bond donors (Lipinski definition) is 0. The first-order valence-electron chi connectivity index (χ1n) is 4.75. The summed E-state index contributed by atoms with van der Waals surface area (Å²) in [4.78, 5) is 10.8. The highest BCUT2D eigenvalue weighted by Gasteiger charge is 2.26. The van der Waals surface area contributed by atoms with Gasteiger partial charge in [0.15, 0.2) is 6.35 Å². The van der Waals surface area contributed by atoms with Crippen molar-refractivity contribution in [1.82, 2.24) is 0 Å². The fraction of sp³-hybridized carbons (Fsp3) is 0.875. The molecule has 0 aromatic carbocycles. The maximum Gasteiger partial charge on any atom is 0.508 e. The molecular formula is C8H17O6P. The van der Waals surface area contributed by atoms with Gasteiger partial charge in [0.2, 0.25) is 0 Å². The van der Waals surface area contributed by atoms with E-state index in [1.54, 1.807) is 20.8 Å². The summed E-state index contributed by atoms with van der Waals surface area (Å²) in [6.07, 6.45) is -1.30. The molecule has 0 aromatic heterocycles. The van der Waals surface area contributed by atoms with Gasteiger partial charge in [0, 0.05) is 0 Å². The van der Waals surface area contributed by atoms with Gasteiger partial charge in [0.05, 0.1) is 19.8 Å². The zero-order valence-electron chi connectivity index (χ0n) is 9.23. The molecule has 0 unspecified atom stereocenters. The Morgan fingerprint density at radius 3 is 1.93 bits per heavy atom. The van der Waals surface area contributed by atoms with Gasteiger partial charge in [-0.1, -0.05) is 0 Å². The lowest BCUT2D eigenvalue weighted by Gasteiger charge is -2.16. The molecule has 0 aliphatic rings. The van der Waals surface area contributed by atoms with E-state index < -0.39 is 20.1 Å². The molecule has 0 aliphatic carbocycles. The second-order valence-electron chi connectivity index (χ2n) is 2.40. The number of carbonyl (C=O) groups excluding carboxylic acids is 1. The van der Waals surface area contributed by atoms with Crippen LogP contribution in [0.3, 0.4) is 0 Å². The van der Waals surface area contributed by atoms with Crippen LogP contribution in [0.25, 0.3) is 0 Å². The lowest BCUT2D eigenvalue weighted by molar-refractivity contribution is 0.0638. The Labute approximate surface area is 89.4 Å². The highest BCUT2D eigenvalue weighted by Crippen LogP contribution is 2.47. The molecule has 0 rings (SSSR count). The molecule has 0 bridgehead atoms. The predicted molar refractivity (Wildman–Crippen MR) is 53.8 cm³/mol. The summed E-state index contributed by atoms with van der Waals surface area (Å²) in [6, 6.07) is 0. The summed E-state index contributed by atoms with van der Waals surface area (Å²) < 4.78 is 30.6. The van der Waals surface area contributed by atoms with Gasteiger partial charge in [-0.05, 0) is 20.8 Å². The van der Waals surface area contributed by atoms with Crippen LogP contribution in [0.15, 0.2) is 0 Å². The third kappa shape index (κ3) is 6.49. The first-order valence-corrected chi connectivity index (χ1v) is 6.48. The van der Waals surface area contributed by atoms with Crippen LogP contribution < -0.4 is 0 Å². The van der Waals surface area contributed by atoms with E-state index in [2.05, 4.69) is 9.47 Å². The standard InChI is InChI=1S/C8H17O6P/c1-4-11-8(9)12-7-15(10,13-5-2)14-6-3/h4-7H2,1-3H3. The smallest absolute Gasteiger partial charge is 0.435 e. The van der Waals surface area contributed by atoms with E-state index >= 15 is 0 Å². The van der Waals surface area contributed by atoms with E-state index in [4.69, 9.17) is 9.05 Å². The molecule has 0 aromatic rings. The van der Waals surface area contributed by atoms with E-state index in [9.17, 15) is 9.36 Å². The zero-order valence-corrected chi connectivity index (χ0v) is 10.1. The molecule has 0 heterocycles. The fourth-order valence-corrected chi connectivity index (χ4v) is 2.07. The van der Waals surface area contributed by atoms with Crippen LogP contribution in [0.5, 0.6) is 0 Å². The minimum Gasteiger partial charge on any atom is -0.435 e. The van der Waals surface area contributed by atoms with Crippen LogP contribution in [0.2, 0.25) is 0 Å². The van der Waals surface area contributed by atoms with Crippen molar-refractivity contribution in [3.63, 3.8) is 0 Å². The van der Waals surface area contributed by atoms with Crippen molar-refractivity contribution < 1.29 is 27.9 Å². The zero-order chi connectivity index (χ0) is 11.7. The molecule has 15 heavy (non-hydrogen) atoms. The molecule has 0 saturated heterocycles. The molecule has 0 saturated carbocycles. The molecular weight excluding hydrogens is 223 g/mol. The molecule has 0 N–H and O–H groups in total. The average Bonchev–Trinajstić information content (AvgIpc) is 2.16. The van der Waals surface area contributed by atoms with Crippen molar-refractivity contribution in [3.05, 3.63) is 0 Å². The van der Waals surface area contributed by atoms with Crippen molar-refractivity contribution in [2.45, 2.75) is 20.8 Å². The van der Waals surface area contributed by atoms with Gasteiger partial charge in [0.25, 0.3) is 0 Å². The molecule has 90 valence electrons. The van der Waals surface area contributed by atoms with Gasteiger partial charge in [0.1, 0.15) is 0 Å². The normalized spacial score (nSPS) is 11.1. The number of rotatable bonds is 7. The predicted octanol–water partition coefficient (Wildman–Crippen LogP) is 2.38. The first kappa shape index (κ1) is 14.4. The van der Waals surface area contributed by atoms with E-state index in [0.717, 1.165) is 0 Å². The summed E-state index contributed by atoms with van der Waals surface area (Å²) >= 11 is 0. The maximum absolute atomic E-state index is 11.7. The Kier molecular flexibility index (Phi) is 7.38. The van der Waals surface area contributed by atoms with E-state index in [-0.39, 0.29) is 19.8 Å². The van der Waals surface area contributed by atoms with Crippen LogP contribution in [0, 0.1) is 0 Å². The second-order valence-corrected chi connectivity index (χ2v) is 4.40. The summed E-state index contributed by atoms with van der Waals surface area (Å²) in [5.74, 6) is 0. The monoisotopic (exact) mass is 240 g/mol. The third-order valence-corrected chi connectivity index (χ3v) is 3.00. The Morgan fingerprint density at radius 1 is 1.00 bits per heavy atom. The van der Waals surface area contributed by atoms with Crippen LogP contribution >= 0.6 is 7.60 Å². The van der Waals surface area contributed by atoms with Crippen LogP contribution in [0.1, 0.15) is 20.8 Å². The number of hydrogen-bond acceptors (Lipinski definition) is 6. The summed E-state index contributed by atoms with van der Waals surface area (Å²) in [7, 11) is -3.32. The van der Waals surface area contributed by atoms with Crippen molar-refractivity contribution in [3.8, 4) is 0 Å². The molecule has 0 fully saturated rings. The third-order valence-electron chi connectivity index (χ3n) is 1.25. The van der Waals surface area contributed by atoms with E-state index in [0.29, 0.717) is 0 Å². The van der Waals surface area contributed by atoms with Crippen LogP contribution in [-0.2, 0) is 23.1 Å². The molecule has 0 radical (unpaired) electrons. The topological polar surface area (TPSA) is 71.1 Å². The minimum absolute atomic E-state index is 0.201. The van der Waals surface area contributed by atoms with Crippen molar-refractivity contribution in [1.29, 1.82) is 0 Å². The number of carbonyl (C=O) groups is 1. The average molecular weight is 240 g/mol. The largest absolute Gasteiger partial charge is 0.508 e. The van der Waals surface area contributed by atoms with Crippen molar-refractivity contribution >= 4 is 13.8 Å². The van der Waals surface area contributed by atoms with Gasteiger partial charge in [-0.25, -0.2) is 4.79 Å².